The molecule has 1 fully saturated rings. The van der Waals surface area contributed by atoms with E-state index in [-0.39, 0.29) is 23.9 Å². The van der Waals surface area contributed by atoms with E-state index in [1.807, 2.05) is 25.1 Å². The van der Waals surface area contributed by atoms with E-state index in [0.717, 1.165) is 23.5 Å². The van der Waals surface area contributed by atoms with Crippen LogP contribution in [0.3, 0.4) is 0 Å². The molecule has 3 rings (SSSR count). The number of fused-ring (bicyclic) bond motifs is 1. The lowest BCUT2D eigenvalue weighted by Crippen LogP contribution is -2.48. The maximum atomic E-state index is 12.1. The smallest absolute Gasteiger partial charge is 0.240 e. The fraction of sp³-hybridized carbons (Fsp3) is 0.533. The van der Waals surface area contributed by atoms with Gasteiger partial charge in [0.1, 0.15) is 6.04 Å². The van der Waals surface area contributed by atoms with Crippen LogP contribution in [-0.4, -0.2) is 38.3 Å². The second-order valence-corrected chi connectivity index (χ2v) is 5.75. The molecule has 1 aromatic carbocycles. The van der Waals surface area contributed by atoms with Crippen LogP contribution < -0.4 is 31.2 Å². The third kappa shape index (κ3) is 3.01. The number of hydrazine groups is 2. The van der Waals surface area contributed by atoms with Crippen molar-refractivity contribution in [2.45, 2.75) is 25.4 Å². The van der Waals surface area contributed by atoms with Crippen molar-refractivity contribution in [1.82, 2.24) is 21.7 Å². The highest BCUT2D eigenvalue weighted by atomic mass is 16.5. The first-order valence-electron chi connectivity index (χ1n) is 7.51. The molecule has 0 aromatic heterocycles. The van der Waals surface area contributed by atoms with E-state index >= 15 is 0 Å². The molecule has 1 aromatic rings. The van der Waals surface area contributed by atoms with E-state index in [4.69, 9.17) is 9.47 Å². The van der Waals surface area contributed by atoms with Crippen molar-refractivity contribution in [2.24, 2.45) is 5.92 Å². The maximum Gasteiger partial charge on any atom is 0.240 e. The molecule has 3 unspecified atom stereocenters. The molecule has 0 radical (unpaired) electrons. The largest absolute Gasteiger partial charge is 0.493 e. The van der Waals surface area contributed by atoms with E-state index in [2.05, 4.69) is 21.7 Å². The van der Waals surface area contributed by atoms with Gasteiger partial charge in [0, 0.05) is 18.5 Å². The fourth-order valence-electron chi connectivity index (χ4n) is 2.84. The zero-order chi connectivity index (χ0) is 15.5. The second-order valence-electron chi connectivity index (χ2n) is 5.75. The summed E-state index contributed by atoms with van der Waals surface area (Å²) >= 11 is 0. The molecule has 120 valence electrons. The van der Waals surface area contributed by atoms with E-state index in [9.17, 15) is 4.79 Å². The van der Waals surface area contributed by atoms with Gasteiger partial charge in [-0.25, -0.2) is 10.9 Å². The highest BCUT2D eigenvalue weighted by molar-refractivity contribution is 5.82. The number of benzene rings is 1. The zero-order valence-electron chi connectivity index (χ0n) is 12.8. The van der Waals surface area contributed by atoms with Crippen molar-refractivity contribution in [2.75, 3.05) is 20.3 Å². The average Bonchev–Trinajstić information content (AvgIpc) is 2.97. The summed E-state index contributed by atoms with van der Waals surface area (Å²) in [6.07, 6.45) is 0.872. The van der Waals surface area contributed by atoms with Gasteiger partial charge in [-0.05, 0) is 25.0 Å². The summed E-state index contributed by atoms with van der Waals surface area (Å²) in [6, 6.07) is 5.68. The third-order valence-corrected chi connectivity index (χ3v) is 4.13. The van der Waals surface area contributed by atoms with Gasteiger partial charge in [-0.3, -0.25) is 4.79 Å². The number of amides is 1. The second kappa shape index (κ2) is 6.51. The van der Waals surface area contributed by atoms with Gasteiger partial charge < -0.3 is 14.8 Å². The van der Waals surface area contributed by atoms with Gasteiger partial charge >= 0.3 is 0 Å². The van der Waals surface area contributed by atoms with E-state index < -0.39 is 0 Å². The normalized spacial score (nSPS) is 26.9. The van der Waals surface area contributed by atoms with Crippen molar-refractivity contribution in [1.29, 1.82) is 0 Å². The first kappa shape index (κ1) is 15.1. The molecule has 7 nitrogen and oxygen atoms in total. The predicted molar refractivity (Wildman–Crippen MR) is 81.3 cm³/mol. The number of methoxy groups -OCH3 is 1. The number of rotatable bonds is 4. The van der Waals surface area contributed by atoms with E-state index in [1.54, 1.807) is 7.11 Å². The summed E-state index contributed by atoms with van der Waals surface area (Å²) < 4.78 is 11.1. The number of carbonyl (C=O) groups is 1. The average molecular weight is 306 g/mol. The van der Waals surface area contributed by atoms with Crippen LogP contribution in [-0.2, 0) is 11.2 Å². The van der Waals surface area contributed by atoms with Gasteiger partial charge in [-0.1, -0.05) is 12.1 Å². The van der Waals surface area contributed by atoms with Crippen LogP contribution in [0.2, 0.25) is 0 Å². The van der Waals surface area contributed by atoms with Crippen LogP contribution in [0, 0.1) is 5.92 Å². The molecule has 2 aliphatic rings. The Bertz CT molecular complexity index is 552. The van der Waals surface area contributed by atoms with Gasteiger partial charge in [-0.2, -0.15) is 5.53 Å². The van der Waals surface area contributed by atoms with Crippen LogP contribution in [0.15, 0.2) is 18.2 Å². The van der Waals surface area contributed by atoms with Crippen molar-refractivity contribution < 1.29 is 14.3 Å². The number of hydrogen-bond acceptors (Lipinski definition) is 6. The maximum absolute atomic E-state index is 12.1. The molecule has 4 N–H and O–H groups in total. The lowest BCUT2D eigenvalue weighted by atomic mass is 9.96. The Labute approximate surface area is 129 Å². The Morgan fingerprint density at radius 2 is 2.32 bits per heavy atom. The standard InChI is InChI=1S/C15H22N4O3/c1-9-13(18-19-17-9)15(20)16-7-10-6-11-4-3-5-12(21-2)14(11)22-8-10/h3-5,9-10,13,17-19H,6-8H2,1-2H3,(H,16,20). The quantitative estimate of drug-likeness (QED) is 0.613. The first-order chi connectivity index (χ1) is 10.7. The minimum atomic E-state index is -0.267. The predicted octanol–water partition coefficient (Wildman–Crippen LogP) is -0.268. The summed E-state index contributed by atoms with van der Waals surface area (Å²) in [5.41, 5.74) is 9.75. The van der Waals surface area contributed by atoms with Gasteiger partial charge in [0.2, 0.25) is 5.91 Å². The number of nitrogens with one attached hydrogen (secondary N) is 4. The van der Waals surface area contributed by atoms with Gasteiger partial charge in [0.05, 0.1) is 13.7 Å². The SMILES string of the molecule is COc1cccc2c1OCC(CNC(=O)C1NNNC1C)C2. The number of hydrogen-bond donors (Lipinski definition) is 4. The molecular formula is C15H22N4O3. The number of ether oxygens (including phenoxy) is 2. The lowest BCUT2D eigenvalue weighted by molar-refractivity contribution is -0.123. The molecule has 2 aliphatic heterocycles. The van der Waals surface area contributed by atoms with Gasteiger partial charge in [0.15, 0.2) is 11.5 Å². The molecule has 1 saturated heterocycles. The van der Waals surface area contributed by atoms with Crippen LogP contribution in [0.4, 0.5) is 0 Å². The Balaban J connectivity index is 1.55. The van der Waals surface area contributed by atoms with E-state index in [1.165, 1.54) is 0 Å². The van der Waals surface area contributed by atoms with Crippen LogP contribution in [0.25, 0.3) is 0 Å². The summed E-state index contributed by atoms with van der Waals surface area (Å²) in [4.78, 5) is 12.1. The van der Waals surface area contributed by atoms with Gasteiger partial charge in [-0.15, -0.1) is 0 Å². The monoisotopic (exact) mass is 306 g/mol. The van der Waals surface area contributed by atoms with Crippen LogP contribution in [0.1, 0.15) is 12.5 Å². The molecule has 0 bridgehead atoms. The Morgan fingerprint density at radius 1 is 1.45 bits per heavy atom. The molecule has 0 spiro atoms. The molecule has 0 saturated carbocycles. The fourth-order valence-corrected chi connectivity index (χ4v) is 2.84. The first-order valence-corrected chi connectivity index (χ1v) is 7.51. The van der Waals surface area contributed by atoms with Crippen molar-refractivity contribution in [3.63, 3.8) is 0 Å². The lowest BCUT2D eigenvalue weighted by Gasteiger charge is -2.27. The number of para-hydroxylation sites is 1. The molecule has 7 heteroatoms. The Morgan fingerprint density at radius 3 is 3.05 bits per heavy atom. The van der Waals surface area contributed by atoms with Gasteiger partial charge in [0.25, 0.3) is 0 Å². The Hall–Kier alpha value is -1.83. The molecular weight excluding hydrogens is 284 g/mol. The summed E-state index contributed by atoms with van der Waals surface area (Å²) in [5, 5.41) is 2.99. The highest BCUT2D eigenvalue weighted by Gasteiger charge is 2.30. The summed E-state index contributed by atoms with van der Waals surface area (Å²) in [5.74, 6) is 1.84. The third-order valence-electron chi connectivity index (χ3n) is 4.13. The Kier molecular flexibility index (Phi) is 4.47. The molecule has 22 heavy (non-hydrogen) atoms. The molecule has 0 aliphatic carbocycles. The molecule has 2 heterocycles. The van der Waals surface area contributed by atoms with Crippen LogP contribution in [0.5, 0.6) is 11.5 Å². The minimum absolute atomic E-state index is 0.0126. The minimum Gasteiger partial charge on any atom is -0.493 e. The summed E-state index contributed by atoms with van der Waals surface area (Å²) in [7, 11) is 1.64. The van der Waals surface area contributed by atoms with Crippen molar-refractivity contribution in [3.05, 3.63) is 23.8 Å². The topological polar surface area (TPSA) is 83.7 Å². The number of carbonyl (C=O) groups excluding carboxylic acids is 1. The van der Waals surface area contributed by atoms with E-state index in [0.29, 0.717) is 13.2 Å². The molecule has 1 amide bonds. The van der Waals surface area contributed by atoms with Crippen molar-refractivity contribution >= 4 is 5.91 Å². The highest BCUT2D eigenvalue weighted by Crippen LogP contribution is 2.35. The van der Waals surface area contributed by atoms with Crippen molar-refractivity contribution in [3.8, 4) is 11.5 Å². The summed E-state index contributed by atoms with van der Waals surface area (Å²) in [6.45, 7) is 3.13. The van der Waals surface area contributed by atoms with Crippen LogP contribution >= 0.6 is 0 Å². The zero-order valence-corrected chi connectivity index (χ0v) is 12.8. The molecule has 3 atom stereocenters.